The highest BCUT2D eigenvalue weighted by Crippen LogP contribution is 2.45. The van der Waals surface area contributed by atoms with Gasteiger partial charge in [0.25, 0.3) is 0 Å². The maximum absolute atomic E-state index is 12.3. The lowest BCUT2D eigenvalue weighted by atomic mass is 9.70. The van der Waals surface area contributed by atoms with E-state index in [0.717, 1.165) is 45.2 Å². The first-order valence-electron chi connectivity index (χ1n) is 7.62. The number of carboxylic acids is 1. The molecule has 114 valence electrons. The van der Waals surface area contributed by atoms with Gasteiger partial charge in [0.1, 0.15) is 0 Å². The number of hydrogen-bond acceptors (Lipinski definition) is 3. The van der Waals surface area contributed by atoms with Gasteiger partial charge in [-0.2, -0.15) is 0 Å². The molecule has 0 aromatic carbocycles. The molecule has 0 bridgehead atoms. The highest BCUT2D eigenvalue weighted by Gasteiger charge is 2.44. The van der Waals surface area contributed by atoms with E-state index in [-0.39, 0.29) is 23.2 Å². The number of rotatable bonds is 3. The number of carboxylic acid groups (broad SMARTS) is 1. The van der Waals surface area contributed by atoms with E-state index in [2.05, 4.69) is 0 Å². The molecule has 0 aromatic rings. The number of likely N-dealkylation sites (tertiary alicyclic amines) is 1. The number of nitrogens with zero attached hydrogens (tertiary/aromatic N) is 1. The molecule has 1 saturated carbocycles. The third-order valence-corrected chi connectivity index (χ3v) is 5.15. The molecule has 0 radical (unpaired) electrons. The van der Waals surface area contributed by atoms with E-state index in [9.17, 15) is 9.59 Å². The Labute approximate surface area is 120 Å². The molecule has 1 atom stereocenters. The lowest BCUT2D eigenvalue weighted by molar-refractivity contribution is -0.144. The Kier molecular flexibility index (Phi) is 4.37. The van der Waals surface area contributed by atoms with E-state index < -0.39 is 12.0 Å². The summed E-state index contributed by atoms with van der Waals surface area (Å²) in [7, 11) is 0. The van der Waals surface area contributed by atoms with Gasteiger partial charge in [-0.05, 0) is 43.4 Å². The Morgan fingerprint density at radius 1 is 1.25 bits per heavy atom. The smallest absolute Gasteiger partial charge is 0.306 e. The minimum absolute atomic E-state index is 0.0530. The van der Waals surface area contributed by atoms with Crippen molar-refractivity contribution in [1.29, 1.82) is 0 Å². The Balaban J connectivity index is 1.93. The summed E-state index contributed by atoms with van der Waals surface area (Å²) in [6.07, 6.45) is 4.33. The summed E-state index contributed by atoms with van der Waals surface area (Å²) in [6.45, 7) is 5.47. The molecule has 1 spiro atoms. The van der Waals surface area contributed by atoms with Crippen molar-refractivity contribution in [2.75, 3.05) is 13.1 Å². The van der Waals surface area contributed by atoms with Crippen molar-refractivity contribution in [3.05, 3.63) is 0 Å². The van der Waals surface area contributed by atoms with Crippen molar-refractivity contribution in [3.8, 4) is 0 Å². The molecular weight excluding hydrogens is 256 g/mol. The van der Waals surface area contributed by atoms with E-state index in [1.54, 1.807) is 0 Å². The zero-order valence-corrected chi connectivity index (χ0v) is 12.5. The van der Waals surface area contributed by atoms with E-state index in [1.807, 2.05) is 18.7 Å². The second-order valence-corrected chi connectivity index (χ2v) is 6.89. The first kappa shape index (κ1) is 15.3. The predicted molar refractivity (Wildman–Crippen MR) is 76.0 cm³/mol. The van der Waals surface area contributed by atoms with Crippen LogP contribution in [0.5, 0.6) is 0 Å². The number of carbonyl (C=O) groups excluding carboxylic acids is 1. The maximum Gasteiger partial charge on any atom is 0.306 e. The molecule has 1 aliphatic carbocycles. The summed E-state index contributed by atoms with van der Waals surface area (Å²) >= 11 is 0. The third kappa shape index (κ3) is 2.97. The topological polar surface area (TPSA) is 83.6 Å². The first-order valence-corrected chi connectivity index (χ1v) is 7.62. The van der Waals surface area contributed by atoms with Gasteiger partial charge in [0, 0.05) is 13.1 Å². The molecule has 2 rings (SSSR count). The third-order valence-electron chi connectivity index (χ3n) is 5.15. The Hall–Kier alpha value is -1.10. The van der Waals surface area contributed by atoms with Crippen LogP contribution in [-0.4, -0.2) is 41.0 Å². The van der Waals surface area contributed by atoms with Crippen molar-refractivity contribution in [2.45, 2.75) is 52.0 Å². The molecule has 3 N–H and O–H groups in total. The van der Waals surface area contributed by atoms with Gasteiger partial charge in [-0.3, -0.25) is 9.59 Å². The molecule has 1 saturated heterocycles. The second kappa shape index (κ2) is 5.72. The lowest BCUT2D eigenvalue weighted by Gasteiger charge is -2.36. The molecule has 1 unspecified atom stereocenters. The molecule has 0 aromatic heterocycles. The molecule has 20 heavy (non-hydrogen) atoms. The normalized spacial score (nSPS) is 31.8. The second-order valence-electron chi connectivity index (χ2n) is 6.89. The Morgan fingerprint density at radius 2 is 1.85 bits per heavy atom. The van der Waals surface area contributed by atoms with Gasteiger partial charge in [0.05, 0.1) is 12.0 Å². The van der Waals surface area contributed by atoms with Crippen molar-refractivity contribution < 1.29 is 14.7 Å². The fourth-order valence-electron chi connectivity index (χ4n) is 3.50. The van der Waals surface area contributed by atoms with Crippen LogP contribution in [0.4, 0.5) is 0 Å². The van der Waals surface area contributed by atoms with Gasteiger partial charge in [-0.1, -0.05) is 13.8 Å². The van der Waals surface area contributed by atoms with Gasteiger partial charge in [-0.15, -0.1) is 0 Å². The van der Waals surface area contributed by atoms with E-state index in [1.165, 1.54) is 0 Å². The number of amides is 1. The largest absolute Gasteiger partial charge is 0.481 e. The zero-order chi connectivity index (χ0) is 14.9. The lowest BCUT2D eigenvalue weighted by Crippen LogP contribution is -2.46. The summed E-state index contributed by atoms with van der Waals surface area (Å²) in [6, 6.07) is -0.416. The zero-order valence-electron chi connectivity index (χ0n) is 12.5. The molecule has 1 amide bonds. The summed E-state index contributed by atoms with van der Waals surface area (Å²) in [5.41, 5.74) is 6.10. The van der Waals surface area contributed by atoms with Gasteiger partial charge < -0.3 is 15.7 Å². The van der Waals surface area contributed by atoms with Crippen LogP contribution >= 0.6 is 0 Å². The molecule has 2 aliphatic rings. The van der Waals surface area contributed by atoms with Gasteiger partial charge in [0.15, 0.2) is 0 Å². The minimum Gasteiger partial charge on any atom is -0.481 e. The first-order chi connectivity index (χ1) is 9.34. The monoisotopic (exact) mass is 282 g/mol. The molecule has 1 aliphatic heterocycles. The van der Waals surface area contributed by atoms with Crippen LogP contribution in [0.25, 0.3) is 0 Å². The molecule has 2 fully saturated rings. The van der Waals surface area contributed by atoms with Gasteiger partial charge in [0.2, 0.25) is 5.91 Å². The summed E-state index contributed by atoms with van der Waals surface area (Å²) in [5.74, 6) is -0.657. The SMILES string of the molecule is CC(C)C(N)C(=O)N1CCC2(CCC(C(=O)O)CC2)C1. The van der Waals surface area contributed by atoms with Crippen molar-refractivity contribution in [1.82, 2.24) is 4.90 Å². The van der Waals surface area contributed by atoms with Crippen LogP contribution in [0.15, 0.2) is 0 Å². The summed E-state index contributed by atoms with van der Waals surface area (Å²) in [4.78, 5) is 25.2. The van der Waals surface area contributed by atoms with Gasteiger partial charge in [-0.25, -0.2) is 0 Å². The van der Waals surface area contributed by atoms with E-state index in [0.29, 0.717) is 0 Å². The highest BCUT2D eigenvalue weighted by atomic mass is 16.4. The fourth-order valence-corrected chi connectivity index (χ4v) is 3.50. The van der Waals surface area contributed by atoms with E-state index >= 15 is 0 Å². The fraction of sp³-hybridized carbons (Fsp3) is 0.867. The highest BCUT2D eigenvalue weighted by molar-refractivity contribution is 5.82. The number of carbonyl (C=O) groups is 2. The minimum atomic E-state index is -0.674. The van der Waals surface area contributed by atoms with Crippen molar-refractivity contribution in [2.24, 2.45) is 23.0 Å². The average Bonchev–Trinajstić information content (AvgIpc) is 2.81. The molecular formula is C15H26N2O3. The maximum atomic E-state index is 12.3. The van der Waals surface area contributed by atoms with Crippen LogP contribution in [-0.2, 0) is 9.59 Å². The van der Waals surface area contributed by atoms with Crippen molar-refractivity contribution >= 4 is 11.9 Å². The molecule has 5 nitrogen and oxygen atoms in total. The van der Waals surface area contributed by atoms with Crippen LogP contribution < -0.4 is 5.73 Å². The summed E-state index contributed by atoms with van der Waals surface area (Å²) in [5, 5.41) is 9.06. The van der Waals surface area contributed by atoms with Crippen LogP contribution in [0.3, 0.4) is 0 Å². The van der Waals surface area contributed by atoms with Crippen LogP contribution in [0.2, 0.25) is 0 Å². The Bertz CT molecular complexity index is 387. The standard InChI is InChI=1S/C15H26N2O3/c1-10(2)12(16)13(18)17-8-7-15(9-17)5-3-11(4-6-15)14(19)20/h10-12H,3-9,16H2,1-2H3,(H,19,20). The average molecular weight is 282 g/mol. The van der Waals surface area contributed by atoms with Crippen LogP contribution in [0, 0.1) is 17.3 Å². The predicted octanol–water partition coefficient (Wildman–Crippen LogP) is 1.46. The number of hydrogen-bond donors (Lipinski definition) is 2. The van der Waals surface area contributed by atoms with E-state index in [4.69, 9.17) is 10.8 Å². The quantitative estimate of drug-likeness (QED) is 0.821. The van der Waals surface area contributed by atoms with Gasteiger partial charge >= 0.3 is 5.97 Å². The number of nitrogens with two attached hydrogens (primary N) is 1. The van der Waals surface area contributed by atoms with Crippen LogP contribution in [0.1, 0.15) is 46.0 Å². The summed E-state index contributed by atoms with van der Waals surface area (Å²) < 4.78 is 0. The molecule has 5 heteroatoms. The number of aliphatic carboxylic acids is 1. The van der Waals surface area contributed by atoms with Crippen molar-refractivity contribution in [3.63, 3.8) is 0 Å². The molecule has 1 heterocycles. The Morgan fingerprint density at radius 3 is 2.35 bits per heavy atom.